The molecule has 2 fully saturated rings. The molecule has 1 aromatic rings. The van der Waals surface area contributed by atoms with E-state index in [0.29, 0.717) is 11.3 Å². The molecule has 172 valence electrons. The van der Waals surface area contributed by atoms with Crippen molar-refractivity contribution < 1.29 is 18.2 Å². The lowest BCUT2D eigenvalue weighted by molar-refractivity contribution is -0.199. The summed E-state index contributed by atoms with van der Waals surface area (Å²) < 4.78 is 15.9. The lowest BCUT2D eigenvalue weighted by atomic mass is 9.55. The van der Waals surface area contributed by atoms with Crippen molar-refractivity contribution in [2.45, 2.75) is 51.4 Å². The van der Waals surface area contributed by atoms with Crippen LogP contribution in [0, 0.1) is 17.3 Å². The highest BCUT2D eigenvalue weighted by Gasteiger charge is 2.52. The highest BCUT2D eigenvalue weighted by Crippen LogP contribution is 2.62. The number of benzene rings is 1. The Morgan fingerprint density at radius 2 is 2.10 bits per heavy atom. The number of likely N-dealkylation sites (N-methyl/N-ethyl adjacent to an activating group) is 1. The molecule has 0 radical (unpaired) electrons. The van der Waals surface area contributed by atoms with Crippen molar-refractivity contribution in [2.75, 3.05) is 33.9 Å². The number of nitrogens with zero attached hydrogens (tertiary/aromatic N) is 1. The van der Waals surface area contributed by atoms with Gasteiger partial charge in [0.25, 0.3) is 12.3 Å². The molecule has 0 spiro atoms. The molecule has 0 aliphatic heterocycles. The van der Waals surface area contributed by atoms with Crippen LogP contribution >= 0.6 is 12.3 Å². The van der Waals surface area contributed by atoms with Crippen LogP contribution in [0.2, 0.25) is 0 Å². The molecule has 0 aromatic heterocycles. The summed E-state index contributed by atoms with van der Waals surface area (Å²) in [7, 11) is 4.17. The van der Waals surface area contributed by atoms with Gasteiger partial charge in [0.2, 0.25) is 0 Å². The molecule has 2 saturated carbocycles. The fourth-order valence-electron chi connectivity index (χ4n) is 6.35. The monoisotopic (exact) mass is 448 g/mol. The molecule has 0 amide bonds. The molecule has 0 heterocycles. The number of hydrogen-bond acceptors (Lipinski definition) is 7. The lowest BCUT2D eigenvalue weighted by Crippen LogP contribution is -2.40. The zero-order valence-corrected chi connectivity index (χ0v) is 19.8. The Hall–Kier alpha value is -1.09. The minimum Gasteiger partial charge on any atom is -0.399 e. The Labute approximate surface area is 190 Å². The van der Waals surface area contributed by atoms with Gasteiger partial charge in [-0.2, -0.15) is 5.90 Å². The van der Waals surface area contributed by atoms with Gasteiger partial charge < -0.3 is 13.8 Å². The minimum atomic E-state index is 0.350. The van der Waals surface area contributed by atoms with Gasteiger partial charge in [0.15, 0.2) is 0 Å². The van der Waals surface area contributed by atoms with Gasteiger partial charge in [-0.1, -0.05) is 24.6 Å². The maximum Gasteiger partial charge on any atom is 0.260 e. The number of rotatable bonds is 9. The van der Waals surface area contributed by atoms with E-state index in [2.05, 4.69) is 53.4 Å². The molecule has 7 heteroatoms. The first-order valence-corrected chi connectivity index (χ1v) is 12.1. The molecule has 4 unspecified atom stereocenters. The van der Waals surface area contributed by atoms with E-state index in [0.717, 1.165) is 56.1 Å². The van der Waals surface area contributed by atoms with Crippen molar-refractivity contribution in [2.24, 2.45) is 23.1 Å². The van der Waals surface area contributed by atoms with E-state index in [9.17, 15) is 0 Å². The Morgan fingerprint density at radius 1 is 1.23 bits per heavy atom. The van der Waals surface area contributed by atoms with Crippen molar-refractivity contribution in [1.82, 2.24) is 4.90 Å². The van der Waals surface area contributed by atoms with E-state index < -0.39 is 0 Å². The van der Waals surface area contributed by atoms with Gasteiger partial charge in [-0.15, -0.1) is 9.32 Å². The summed E-state index contributed by atoms with van der Waals surface area (Å²) in [5.74, 6) is 7.87. The maximum atomic E-state index is 5.88. The predicted octanol–water partition coefficient (Wildman–Crippen LogP) is 4.81. The second-order valence-corrected chi connectivity index (χ2v) is 10.1. The summed E-state index contributed by atoms with van der Waals surface area (Å²) in [4.78, 5) is 6.24. The topological polar surface area (TPSA) is 66.2 Å². The number of hydrogen-bond donors (Lipinski definition) is 1. The highest BCUT2D eigenvalue weighted by molar-refractivity contribution is 7.90. The van der Waals surface area contributed by atoms with Crippen LogP contribution in [0.1, 0.15) is 56.1 Å². The number of nitrogens with two attached hydrogens (primary N) is 1. The molecule has 2 N–H and O–H groups in total. The third-order valence-electron chi connectivity index (χ3n) is 7.87. The van der Waals surface area contributed by atoms with E-state index in [1.54, 1.807) is 5.57 Å². The quantitative estimate of drug-likeness (QED) is 0.191. The van der Waals surface area contributed by atoms with Crippen LogP contribution < -0.4 is 10.1 Å². The summed E-state index contributed by atoms with van der Waals surface area (Å²) in [5.41, 5.74) is 4.94. The summed E-state index contributed by atoms with van der Waals surface area (Å²) >= 11 is 0.737. The SMILES string of the molecule is CN(C)CCOCC=C1CCC2C3CCc4cc(OSOON)ccc4C3CCC12C. The fraction of sp³-hybridized carbons (Fsp3) is 0.667. The van der Waals surface area contributed by atoms with Crippen molar-refractivity contribution in [3.63, 3.8) is 0 Å². The van der Waals surface area contributed by atoms with E-state index in [1.165, 1.54) is 43.2 Å². The van der Waals surface area contributed by atoms with Crippen molar-refractivity contribution in [3.8, 4) is 5.75 Å². The van der Waals surface area contributed by atoms with Gasteiger partial charge in [0.1, 0.15) is 5.75 Å². The molecule has 4 rings (SSSR count). The normalized spacial score (nSPS) is 30.9. The fourth-order valence-corrected chi connectivity index (χ4v) is 6.59. The summed E-state index contributed by atoms with van der Waals surface area (Å²) in [6.45, 7) is 5.05. The van der Waals surface area contributed by atoms with Gasteiger partial charge in [-0.05, 0) is 99.0 Å². The van der Waals surface area contributed by atoms with Crippen LogP contribution in [0.4, 0.5) is 0 Å². The zero-order valence-electron chi connectivity index (χ0n) is 19.0. The molecule has 1 aromatic carbocycles. The first kappa shape index (κ1) is 23.1. The number of aryl methyl sites for hydroxylation is 1. The van der Waals surface area contributed by atoms with Crippen LogP contribution in [0.5, 0.6) is 5.75 Å². The first-order chi connectivity index (χ1) is 15.0. The largest absolute Gasteiger partial charge is 0.399 e. The van der Waals surface area contributed by atoms with E-state index in [1.807, 2.05) is 6.07 Å². The van der Waals surface area contributed by atoms with Crippen LogP contribution in [0.25, 0.3) is 0 Å². The van der Waals surface area contributed by atoms with E-state index >= 15 is 0 Å². The molecule has 31 heavy (non-hydrogen) atoms. The third-order valence-corrected chi connectivity index (χ3v) is 8.27. The molecular formula is C24H36N2O4S. The van der Waals surface area contributed by atoms with Crippen LogP contribution in [0.15, 0.2) is 29.8 Å². The van der Waals surface area contributed by atoms with Crippen molar-refractivity contribution in [3.05, 3.63) is 41.0 Å². The van der Waals surface area contributed by atoms with Crippen LogP contribution in [0.3, 0.4) is 0 Å². The van der Waals surface area contributed by atoms with Crippen LogP contribution in [-0.2, 0) is 20.5 Å². The zero-order chi connectivity index (χ0) is 21.8. The van der Waals surface area contributed by atoms with E-state index in [-0.39, 0.29) is 0 Å². The molecule has 6 nitrogen and oxygen atoms in total. The van der Waals surface area contributed by atoms with Gasteiger partial charge in [-0.3, -0.25) is 0 Å². The molecule has 3 aliphatic carbocycles. The van der Waals surface area contributed by atoms with E-state index in [4.69, 9.17) is 14.8 Å². The first-order valence-electron chi connectivity index (χ1n) is 11.4. The molecule has 0 saturated heterocycles. The Bertz CT molecular complexity index is 787. The Balaban J connectivity index is 1.41. The Morgan fingerprint density at radius 3 is 2.90 bits per heavy atom. The number of ether oxygens (including phenoxy) is 1. The standard InChI is InChI=1S/C24H36N2O4S/c1-24-12-10-21-20-8-6-19(28-31-30-29-25)16-17(20)4-7-22(21)23(24)9-5-18(24)11-14-27-15-13-26(2)3/h6,8,11,16,21-23H,4-5,7,9-10,12-15,25H2,1-3H3. The molecule has 4 atom stereocenters. The second-order valence-electron chi connectivity index (χ2n) is 9.69. The van der Waals surface area contributed by atoms with Gasteiger partial charge in [0, 0.05) is 6.54 Å². The van der Waals surface area contributed by atoms with Gasteiger partial charge in [0.05, 0.1) is 13.2 Å². The molecule has 3 aliphatic rings. The van der Waals surface area contributed by atoms with Gasteiger partial charge in [-0.25, -0.2) is 0 Å². The average Bonchev–Trinajstić information content (AvgIpc) is 3.09. The lowest BCUT2D eigenvalue weighted by Gasteiger charge is -2.49. The summed E-state index contributed by atoms with van der Waals surface area (Å²) in [5, 5.41) is 0. The average molecular weight is 449 g/mol. The van der Waals surface area contributed by atoms with Crippen LogP contribution in [-0.4, -0.2) is 38.8 Å². The minimum absolute atomic E-state index is 0.350. The number of allylic oxidation sites excluding steroid dienone is 1. The number of fused-ring (bicyclic) bond motifs is 5. The molecule has 0 bridgehead atoms. The predicted molar refractivity (Wildman–Crippen MR) is 123 cm³/mol. The smallest absolute Gasteiger partial charge is 0.260 e. The summed E-state index contributed by atoms with van der Waals surface area (Å²) in [6, 6.07) is 6.45. The van der Waals surface area contributed by atoms with Crippen molar-refractivity contribution in [1.29, 1.82) is 0 Å². The highest BCUT2D eigenvalue weighted by atomic mass is 32.2. The van der Waals surface area contributed by atoms with Crippen molar-refractivity contribution >= 4 is 12.3 Å². The molecular weight excluding hydrogens is 412 g/mol. The second kappa shape index (κ2) is 10.2. The van der Waals surface area contributed by atoms with Gasteiger partial charge >= 0.3 is 0 Å². The third kappa shape index (κ3) is 4.97. The Kier molecular flexibility index (Phi) is 7.62. The maximum absolute atomic E-state index is 5.88. The summed E-state index contributed by atoms with van der Waals surface area (Å²) in [6.07, 6.45) is 9.89.